The first-order valence-electron chi connectivity index (χ1n) is 10.6. The highest BCUT2D eigenvalue weighted by Crippen LogP contribution is 2.34. The minimum atomic E-state index is -3.92. The Balaban J connectivity index is 1.61. The molecule has 11 heteroatoms. The van der Waals surface area contributed by atoms with Crippen molar-refractivity contribution in [2.24, 2.45) is 0 Å². The molecule has 0 aliphatic carbocycles. The molecule has 2 aromatic carbocycles. The standard InChI is InChI=1S/C23H26N4O5S2/c1-25(33(28,29)19-8-4-3-5-9-19)21-18-20(11-12-22(21)32-2)34(30,31)27-16-14-26(15-17-27)23-10-6-7-13-24-23/h3-13,18H,14-17H2,1-2H3. The highest BCUT2D eigenvalue weighted by atomic mass is 32.2. The van der Waals surface area contributed by atoms with Crippen molar-refractivity contribution in [1.82, 2.24) is 9.29 Å². The lowest BCUT2D eigenvalue weighted by molar-refractivity contribution is 0.383. The van der Waals surface area contributed by atoms with Gasteiger partial charge in [0.15, 0.2) is 0 Å². The average Bonchev–Trinajstić information content (AvgIpc) is 2.89. The molecule has 0 unspecified atom stereocenters. The summed E-state index contributed by atoms with van der Waals surface area (Å²) in [5.74, 6) is 1.06. The molecule has 180 valence electrons. The van der Waals surface area contributed by atoms with Crippen LogP contribution in [0.25, 0.3) is 0 Å². The highest BCUT2D eigenvalue weighted by Gasteiger charge is 2.31. The van der Waals surface area contributed by atoms with E-state index in [0.717, 1.165) is 10.1 Å². The van der Waals surface area contributed by atoms with Gasteiger partial charge in [0.25, 0.3) is 10.0 Å². The molecule has 1 aromatic heterocycles. The molecule has 0 bridgehead atoms. The van der Waals surface area contributed by atoms with E-state index in [1.54, 1.807) is 24.4 Å². The molecule has 1 aliphatic rings. The zero-order valence-electron chi connectivity index (χ0n) is 18.9. The van der Waals surface area contributed by atoms with Gasteiger partial charge in [-0.05, 0) is 42.5 Å². The molecule has 0 radical (unpaired) electrons. The van der Waals surface area contributed by atoms with E-state index >= 15 is 0 Å². The van der Waals surface area contributed by atoms with Crippen molar-refractivity contribution in [1.29, 1.82) is 0 Å². The molecule has 0 saturated carbocycles. The molecular weight excluding hydrogens is 476 g/mol. The molecule has 34 heavy (non-hydrogen) atoms. The van der Waals surface area contributed by atoms with E-state index in [0.29, 0.717) is 26.2 Å². The van der Waals surface area contributed by atoms with Crippen molar-refractivity contribution in [2.45, 2.75) is 9.79 Å². The second-order valence-electron chi connectivity index (χ2n) is 7.70. The number of aromatic nitrogens is 1. The van der Waals surface area contributed by atoms with Crippen LogP contribution in [0.5, 0.6) is 5.75 Å². The fraction of sp³-hybridized carbons (Fsp3) is 0.261. The predicted molar refractivity (Wildman–Crippen MR) is 130 cm³/mol. The maximum Gasteiger partial charge on any atom is 0.264 e. The monoisotopic (exact) mass is 502 g/mol. The van der Waals surface area contributed by atoms with Crippen molar-refractivity contribution < 1.29 is 21.6 Å². The van der Waals surface area contributed by atoms with E-state index in [2.05, 4.69) is 4.98 Å². The summed E-state index contributed by atoms with van der Waals surface area (Å²) in [6.45, 7) is 1.58. The van der Waals surface area contributed by atoms with Gasteiger partial charge >= 0.3 is 0 Å². The number of nitrogens with zero attached hydrogens (tertiary/aromatic N) is 4. The largest absolute Gasteiger partial charge is 0.495 e. The van der Waals surface area contributed by atoms with E-state index in [1.807, 2.05) is 23.1 Å². The summed E-state index contributed by atoms with van der Waals surface area (Å²) in [6, 6.07) is 17.8. The zero-order valence-corrected chi connectivity index (χ0v) is 20.5. The molecular formula is C23H26N4O5S2. The van der Waals surface area contributed by atoms with Crippen LogP contribution in [0.15, 0.2) is 82.7 Å². The number of methoxy groups -OCH3 is 1. The molecule has 9 nitrogen and oxygen atoms in total. The Morgan fingerprint density at radius 2 is 1.53 bits per heavy atom. The van der Waals surface area contributed by atoms with E-state index in [9.17, 15) is 16.8 Å². The van der Waals surface area contributed by atoms with Crippen LogP contribution in [0, 0.1) is 0 Å². The molecule has 3 aromatic rings. The molecule has 1 saturated heterocycles. The summed E-state index contributed by atoms with van der Waals surface area (Å²) in [4.78, 5) is 6.46. The van der Waals surface area contributed by atoms with Gasteiger partial charge in [-0.2, -0.15) is 4.31 Å². The van der Waals surface area contributed by atoms with Gasteiger partial charge in [0.05, 0.1) is 22.6 Å². The third-order valence-corrected chi connectivity index (χ3v) is 9.42. The van der Waals surface area contributed by atoms with Crippen molar-refractivity contribution >= 4 is 31.6 Å². The van der Waals surface area contributed by atoms with Crippen LogP contribution < -0.4 is 13.9 Å². The summed E-state index contributed by atoms with van der Waals surface area (Å²) in [5.41, 5.74) is 0.138. The lowest BCUT2D eigenvalue weighted by Gasteiger charge is -2.34. The number of benzene rings is 2. The third-order valence-electron chi connectivity index (χ3n) is 5.74. The lowest BCUT2D eigenvalue weighted by Crippen LogP contribution is -2.48. The van der Waals surface area contributed by atoms with Gasteiger partial charge in [0, 0.05) is 39.4 Å². The number of hydrogen-bond acceptors (Lipinski definition) is 7. The highest BCUT2D eigenvalue weighted by molar-refractivity contribution is 7.92. The Morgan fingerprint density at radius 1 is 0.853 bits per heavy atom. The van der Waals surface area contributed by atoms with Gasteiger partial charge in [-0.1, -0.05) is 24.3 Å². The van der Waals surface area contributed by atoms with Gasteiger partial charge in [-0.15, -0.1) is 0 Å². The number of piperazine rings is 1. The molecule has 0 atom stereocenters. The van der Waals surface area contributed by atoms with Crippen LogP contribution in [0.1, 0.15) is 0 Å². The van der Waals surface area contributed by atoms with Crippen LogP contribution in [0.4, 0.5) is 11.5 Å². The fourth-order valence-corrected chi connectivity index (χ4v) is 6.47. The van der Waals surface area contributed by atoms with Crippen LogP contribution in [-0.4, -0.2) is 66.5 Å². The van der Waals surface area contributed by atoms with Gasteiger partial charge in [-0.25, -0.2) is 21.8 Å². The number of pyridine rings is 1. The third kappa shape index (κ3) is 4.59. The van der Waals surface area contributed by atoms with Crippen LogP contribution in [0.2, 0.25) is 0 Å². The van der Waals surface area contributed by atoms with Crippen LogP contribution in [-0.2, 0) is 20.0 Å². The van der Waals surface area contributed by atoms with E-state index in [1.165, 1.54) is 48.8 Å². The van der Waals surface area contributed by atoms with E-state index < -0.39 is 20.0 Å². The molecule has 2 heterocycles. The molecule has 0 spiro atoms. The topological polar surface area (TPSA) is 100 Å². The Hall–Kier alpha value is -3.15. The van der Waals surface area contributed by atoms with Gasteiger partial charge in [-0.3, -0.25) is 4.31 Å². The number of hydrogen-bond donors (Lipinski definition) is 0. The second-order valence-corrected chi connectivity index (χ2v) is 11.6. The van der Waals surface area contributed by atoms with Crippen molar-refractivity contribution in [3.05, 3.63) is 72.9 Å². The van der Waals surface area contributed by atoms with E-state index in [4.69, 9.17) is 4.74 Å². The summed E-state index contributed by atoms with van der Waals surface area (Å²) >= 11 is 0. The molecule has 0 N–H and O–H groups in total. The summed E-state index contributed by atoms with van der Waals surface area (Å²) in [6.07, 6.45) is 1.71. The van der Waals surface area contributed by atoms with Crippen molar-refractivity contribution in [3.63, 3.8) is 0 Å². The van der Waals surface area contributed by atoms with Gasteiger partial charge < -0.3 is 9.64 Å². The number of rotatable bonds is 7. The first-order valence-corrected chi connectivity index (χ1v) is 13.5. The lowest BCUT2D eigenvalue weighted by atomic mass is 10.3. The molecule has 1 fully saturated rings. The van der Waals surface area contributed by atoms with Crippen LogP contribution >= 0.6 is 0 Å². The Bertz CT molecular complexity index is 1340. The Labute approximate surface area is 200 Å². The summed E-state index contributed by atoms with van der Waals surface area (Å²) in [5, 5.41) is 0. The normalized spacial score (nSPS) is 15.2. The maximum absolute atomic E-state index is 13.4. The van der Waals surface area contributed by atoms with Crippen molar-refractivity contribution in [2.75, 3.05) is 49.5 Å². The molecule has 4 rings (SSSR count). The maximum atomic E-state index is 13.4. The molecule has 1 aliphatic heterocycles. The molecule has 0 amide bonds. The smallest absolute Gasteiger partial charge is 0.264 e. The SMILES string of the molecule is COc1ccc(S(=O)(=O)N2CCN(c3ccccn3)CC2)cc1N(C)S(=O)(=O)c1ccccc1. The summed E-state index contributed by atoms with van der Waals surface area (Å²) in [7, 11) is -4.98. The Kier molecular flexibility index (Phi) is 6.78. The number of anilines is 2. The first kappa shape index (κ1) is 24.0. The zero-order chi connectivity index (χ0) is 24.3. The van der Waals surface area contributed by atoms with Crippen molar-refractivity contribution in [3.8, 4) is 5.75 Å². The minimum Gasteiger partial charge on any atom is -0.495 e. The summed E-state index contributed by atoms with van der Waals surface area (Å²) < 4.78 is 60.9. The quantitative estimate of drug-likeness (QED) is 0.489. The average molecular weight is 503 g/mol. The number of ether oxygens (including phenoxy) is 1. The number of sulfonamides is 2. The Morgan fingerprint density at radius 3 is 2.15 bits per heavy atom. The van der Waals surface area contributed by atoms with E-state index in [-0.39, 0.29) is 21.2 Å². The predicted octanol–water partition coefficient (Wildman–Crippen LogP) is 2.43. The second kappa shape index (κ2) is 9.61. The van der Waals surface area contributed by atoms with Gasteiger partial charge in [0.2, 0.25) is 10.0 Å². The fourth-order valence-electron chi connectivity index (χ4n) is 3.80. The van der Waals surface area contributed by atoms with Crippen LogP contribution in [0.3, 0.4) is 0 Å². The van der Waals surface area contributed by atoms with Gasteiger partial charge in [0.1, 0.15) is 11.6 Å². The first-order chi connectivity index (χ1) is 16.2. The minimum absolute atomic E-state index is 0.00435.